The Balaban J connectivity index is 2.00. The molecule has 0 spiro atoms. The predicted molar refractivity (Wildman–Crippen MR) is 73.0 cm³/mol. The van der Waals surface area contributed by atoms with Crippen molar-refractivity contribution in [2.24, 2.45) is 0 Å². The molecule has 4 heteroatoms. The fourth-order valence-electron chi connectivity index (χ4n) is 2.76. The molecule has 0 amide bonds. The average Bonchev–Trinajstić information content (AvgIpc) is 2.39. The second kappa shape index (κ2) is 6.71. The van der Waals surface area contributed by atoms with Gasteiger partial charge < -0.3 is 10.8 Å². The minimum absolute atomic E-state index is 0.207. The summed E-state index contributed by atoms with van der Waals surface area (Å²) in [5.74, 6) is 0. The van der Waals surface area contributed by atoms with Crippen molar-refractivity contribution in [3.05, 3.63) is 24.0 Å². The van der Waals surface area contributed by atoms with Crippen molar-refractivity contribution >= 4 is 5.69 Å². The molecule has 4 nitrogen and oxygen atoms in total. The SMILES string of the molecule is Nc1ccnc(CN(CCO)C2CCCCC2)c1. The molecule has 1 aliphatic carbocycles. The van der Waals surface area contributed by atoms with Crippen LogP contribution in [0.3, 0.4) is 0 Å². The van der Waals surface area contributed by atoms with Crippen molar-refractivity contribution < 1.29 is 5.11 Å². The number of nitrogens with two attached hydrogens (primary N) is 1. The lowest BCUT2D eigenvalue weighted by atomic mass is 9.94. The van der Waals surface area contributed by atoms with Crippen LogP contribution in [0.5, 0.6) is 0 Å². The van der Waals surface area contributed by atoms with Gasteiger partial charge in [0.25, 0.3) is 0 Å². The fourth-order valence-corrected chi connectivity index (χ4v) is 2.76. The predicted octanol–water partition coefficient (Wildman–Crippen LogP) is 1.79. The van der Waals surface area contributed by atoms with Crippen molar-refractivity contribution in [3.8, 4) is 0 Å². The third-order valence-electron chi connectivity index (χ3n) is 3.68. The fraction of sp³-hybridized carbons (Fsp3) is 0.643. The minimum Gasteiger partial charge on any atom is -0.399 e. The van der Waals surface area contributed by atoms with E-state index in [-0.39, 0.29) is 6.61 Å². The molecule has 0 radical (unpaired) electrons. The number of nitrogens with zero attached hydrogens (tertiary/aromatic N) is 2. The van der Waals surface area contributed by atoms with Crippen LogP contribution < -0.4 is 5.73 Å². The molecule has 100 valence electrons. The first-order chi connectivity index (χ1) is 8.79. The lowest BCUT2D eigenvalue weighted by Gasteiger charge is -2.33. The van der Waals surface area contributed by atoms with Crippen LogP contribution in [0, 0.1) is 0 Å². The summed E-state index contributed by atoms with van der Waals surface area (Å²) in [5.41, 5.74) is 7.53. The van der Waals surface area contributed by atoms with Gasteiger partial charge in [-0.1, -0.05) is 19.3 Å². The van der Waals surface area contributed by atoms with Crippen LogP contribution in [0.1, 0.15) is 37.8 Å². The zero-order chi connectivity index (χ0) is 12.8. The molecule has 3 N–H and O–H groups in total. The molecule has 0 aliphatic heterocycles. The van der Waals surface area contributed by atoms with Gasteiger partial charge in [0.15, 0.2) is 0 Å². The first kappa shape index (κ1) is 13.3. The summed E-state index contributed by atoms with van der Waals surface area (Å²) < 4.78 is 0. The molecule has 1 aromatic heterocycles. The summed E-state index contributed by atoms with van der Waals surface area (Å²) >= 11 is 0. The Kier molecular flexibility index (Phi) is 4.96. The van der Waals surface area contributed by atoms with E-state index in [4.69, 9.17) is 5.73 Å². The van der Waals surface area contributed by atoms with Crippen LogP contribution in [-0.2, 0) is 6.54 Å². The van der Waals surface area contributed by atoms with Gasteiger partial charge in [0, 0.05) is 31.0 Å². The van der Waals surface area contributed by atoms with Crippen LogP contribution in [0.2, 0.25) is 0 Å². The van der Waals surface area contributed by atoms with Crippen LogP contribution in [0.25, 0.3) is 0 Å². The molecule has 0 saturated heterocycles. The van der Waals surface area contributed by atoms with Gasteiger partial charge in [-0.25, -0.2) is 0 Å². The Morgan fingerprint density at radius 2 is 2.11 bits per heavy atom. The number of hydrogen-bond acceptors (Lipinski definition) is 4. The summed E-state index contributed by atoms with van der Waals surface area (Å²) in [6.45, 7) is 1.72. The van der Waals surface area contributed by atoms with Gasteiger partial charge in [0.1, 0.15) is 0 Å². The third-order valence-corrected chi connectivity index (χ3v) is 3.68. The van der Waals surface area contributed by atoms with Crippen LogP contribution in [-0.4, -0.2) is 34.2 Å². The first-order valence-corrected chi connectivity index (χ1v) is 6.85. The van der Waals surface area contributed by atoms with E-state index < -0.39 is 0 Å². The molecule has 1 fully saturated rings. The number of pyridine rings is 1. The Hall–Kier alpha value is -1.13. The number of rotatable bonds is 5. The molecular weight excluding hydrogens is 226 g/mol. The van der Waals surface area contributed by atoms with Gasteiger partial charge in [-0.15, -0.1) is 0 Å². The maximum atomic E-state index is 9.21. The first-order valence-electron chi connectivity index (χ1n) is 6.85. The Bertz CT molecular complexity index is 364. The summed E-state index contributed by atoms with van der Waals surface area (Å²) in [4.78, 5) is 6.70. The highest BCUT2D eigenvalue weighted by Crippen LogP contribution is 2.23. The summed E-state index contributed by atoms with van der Waals surface area (Å²) in [6, 6.07) is 4.32. The monoisotopic (exact) mass is 249 g/mol. The second-order valence-corrected chi connectivity index (χ2v) is 5.07. The molecule has 0 atom stereocenters. The second-order valence-electron chi connectivity index (χ2n) is 5.07. The number of nitrogen functional groups attached to an aromatic ring is 1. The highest BCUT2D eigenvalue weighted by molar-refractivity contribution is 5.37. The van der Waals surface area contributed by atoms with E-state index in [1.807, 2.05) is 6.07 Å². The van der Waals surface area contributed by atoms with E-state index in [0.717, 1.165) is 24.5 Å². The van der Waals surface area contributed by atoms with Gasteiger partial charge in [0.2, 0.25) is 0 Å². The lowest BCUT2D eigenvalue weighted by molar-refractivity contribution is 0.116. The van der Waals surface area contributed by atoms with Crippen molar-refractivity contribution in [2.75, 3.05) is 18.9 Å². The van der Waals surface area contributed by atoms with Crippen LogP contribution in [0.15, 0.2) is 18.3 Å². The summed E-state index contributed by atoms with van der Waals surface area (Å²) in [7, 11) is 0. The van der Waals surface area contributed by atoms with Crippen LogP contribution >= 0.6 is 0 Å². The van der Waals surface area contributed by atoms with Crippen molar-refractivity contribution in [3.63, 3.8) is 0 Å². The van der Waals surface area contributed by atoms with E-state index in [1.165, 1.54) is 32.1 Å². The zero-order valence-electron chi connectivity index (χ0n) is 10.9. The number of anilines is 1. The molecule has 1 aromatic rings. The molecule has 1 saturated carbocycles. The van der Waals surface area contributed by atoms with E-state index >= 15 is 0 Å². The number of aliphatic hydroxyl groups excluding tert-OH is 1. The average molecular weight is 249 g/mol. The highest BCUT2D eigenvalue weighted by Gasteiger charge is 2.21. The molecular formula is C14H23N3O. The molecule has 1 aliphatic rings. The van der Waals surface area contributed by atoms with E-state index in [1.54, 1.807) is 12.3 Å². The Morgan fingerprint density at radius 1 is 1.33 bits per heavy atom. The molecule has 18 heavy (non-hydrogen) atoms. The van der Waals surface area contributed by atoms with Gasteiger partial charge in [-0.05, 0) is 25.0 Å². The molecule has 0 aromatic carbocycles. The zero-order valence-corrected chi connectivity index (χ0v) is 10.9. The summed E-state index contributed by atoms with van der Waals surface area (Å²) in [6.07, 6.45) is 8.18. The van der Waals surface area contributed by atoms with Crippen LogP contribution in [0.4, 0.5) is 5.69 Å². The Labute approximate surface area is 109 Å². The quantitative estimate of drug-likeness (QED) is 0.835. The normalized spacial score (nSPS) is 17.2. The minimum atomic E-state index is 0.207. The van der Waals surface area contributed by atoms with Crippen molar-refractivity contribution in [1.82, 2.24) is 9.88 Å². The largest absolute Gasteiger partial charge is 0.399 e. The topological polar surface area (TPSA) is 62.4 Å². The molecule has 2 rings (SSSR count). The van der Waals surface area contributed by atoms with Gasteiger partial charge in [-0.3, -0.25) is 9.88 Å². The van der Waals surface area contributed by atoms with Crippen molar-refractivity contribution in [1.29, 1.82) is 0 Å². The standard InChI is InChI=1S/C14H23N3O/c15-12-6-7-16-13(10-12)11-17(8-9-18)14-4-2-1-3-5-14/h6-7,10,14,18H,1-5,8-9,11H2,(H2,15,16). The maximum Gasteiger partial charge on any atom is 0.0564 e. The van der Waals surface area contributed by atoms with Gasteiger partial charge in [-0.2, -0.15) is 0 Å². The highest BCUT2D eigenvalue weighted by atomic mass is 16.3. The van der Waals surface area contributed by atoms with Crippen molar-refractivity contribution in [2.45, 2.75) is 44.7 Å². The number of hydrogen-bond donors (Lipinski definition) is 2. The van der Waals surface area contributed by atoms with E-state index in [0.29, 0.717) is 6.04 Å². The van der Waals surface area contributed by atoms with Gasteiger partial charge >= 0.3 is 0 Å². The Morgan fingerprint density at radius 3 is 2.78 bits per heavy atom. The smallest absolute Gasteiger partial charge is 0.0564 e. The number of aliphatic hydroxyl groups is 1. The van der Waals surface area contributed by atoms with E-state index in [9.17, 15) is 5.11 Å². The maximum absolute atomic E-state index is 9.21. The van der Waals surface area contributed by atoms with E-state index in [2.05, 4.69) is 9.88 Å². The molecule has 0 unspecified atom stereocenters. The summed E-state index contributed by atoms with van der Waals surface area (Å²) in [5, 5.41) is 9.21. The number of aromatic nitrogens is 1. The lowest BCUT2D eigenvalue weighted by Crippen LogP contribution is -2.38. The third kappa shape index (κ3) is 3.68. The molecule has 0 bridgehead atoms. The van der Waals surface area contributed by atoms with Gasteiger partial charge in [0.05, 0.1) is 12.3 Å². The molecule has 1 heterocycles.